The standard InChI is InChI=1S/C46H52N8O7/c1-23(2)39(51-45(57)60-4)43(55)53-35-18-30(35)20-37(53)41-47-22-34(50-41)29-8-7-25-15-26(5-6-27(25)16-29)28-9-10-32-33(17-28)49-42(48-32)38-21-31-19-36(31)54(38)44(56)40(52(3)46(58)59)24-11-13-61-14-12-24/h5-10,15-17,22-24,30-31,35-40H,11-14,18-21H2,1-4H3,(H,47,50)(H,48,49)(H,51,57)(H,58,59)/t30-,31-,35-,36-,37+,38+,39+,40+/m1/s1. The number of aromatic amines is 2. The van der Waals surface area contributed by atoms with Crippen molar-refractivity contribution in [3.63, 3.8) is 0 Å². The van der Waals surface area contributed by atoms with Crippen LogP contribution in [0.25, 0.3) is 44.2 Å². The minimum atomic E-state index is -1.10. The predicted octanol–water partition coefficient (Wildman–Crippen LogP) is 6.88. The van der Waals surface area contributed by atoms with Crippen molar-refractivity contribution < 1.29 is 33.8 Å². The molecule has 0 spiro atoms. The van der Waals surface area contributed by atoms with Crippen molar-refractivity contribution in [2.24, 2.45) is 23.7 Å². The van der Waals surface area contributed by atoms with Crippen molar-refractivity contribution in [2.75, 3.05) is 27.4 Å². The number of carbonyl (C=O) groups is 4. The topological polar surface area (TPSA) is 186 Å². The molecule has 2 aliphatic carbocycles. The second-order valence-electron chi connectivity index (χ2n) is 18.1. The number of hydrogen-bond donors (Lipinski definition) is 4. The maximum atomic E-state index is 14.4. The summed E-state index contributed by atoms with van der Waals surface area (Å²) in [5.41, 5.74) is 5.66. The Morgan fingerprint density at radius 1 is 0.836 bits per heavy atom. The van der Waals surface area contributed by atoms with Crippen LogP contribution in [0.2, 0.25) is 0 Å². The average Bonchev–Trinajstić information content (AvgIpc) is 3.88. The molecule has 4 amide bonds. The molecule has 61 heavy (non-hydrogen) atoms. The van der Waals surface area contributed by atoms with E-state index in [1.165, 1.54) is 19.1 Å². The number of likely N-dealkylation sites (tertiary alicyclic amines) is 2. The summed E-state index contributed by atoms with van der Waals surface area (Å²) in [5, 5.41) is 14.9. The molecule has 5 fully saturated rings. The normalized spacial score (nSPS) is 25.3. The van der Waals surface area contributed by atoms with E-state index in [1.54, 1.807) is 0 Å². The number of imidazole rings is 2. The number of H-pyrrole nitrogens is 2. The zero-order chi connectivity index (χ0) is 42.3. The molecule has 318 valence electrons. The van der Waals surface area contributed by atoms with Crippen molar-refractivity contribution in [1.82, 2.24) is 40.0 Å². The van der Waals surface area contributed by atoms with E-state index < -0.39 is 24.3 Å². The third-order valence-electron chi connectivity index (χ3n) is 14.0. The quantitative estimate of drug-likeness (QED) is 0.116. The molecule has 5 aliphatic rings. The summed E-state index contributed by atoms with van der Waals surface area (Å²) in [6.07, 6.45) is 4.98. The molecule has 0 unspecified atom stereocenters. The van der Waals surface area contributed by atoms with Gasteiger partial charge in [-0.3, -0.25) is 14.5 Å². The molecule has 5 aromatic rings. The van der Waals surface area contributed by atoms with Crippen LogP contribution in [0, 0.1) is 23.7 Å². The van der Waals surface area contributed by atoms with E-state index in [0.717, 1.165) is 81.5 Å². The molecular weight excluding hydrogens is 777 g/mol. The van der Waals surface area contributed by atoms with Crippen LogP contribution in [0.3, 0.4) is 0 Å². The van der Waals surface area contributed by atoms with E-state index in [0.29, 0.717) is 37.9 Å². The number of carboxylic acid groups (broad SMARTS) is 1. The number of benzene rings is 3. The maximum Gasteiger partial charge on any atom is 0.407 e. The van der Waals surface area contributed by atoms with Crippen LogP contribution < -0.4 is 5.32 Å². The number of nitrogens with zero attached hydrogens (tertiary/aromatic N) is 5. The Balaban J connectivity index is 0.864. The third-order valence-corrected chi connectivity index (χ3v) is 14.0. The molecule has 10 rings (SSSR count). The first kappa shape index (κ1) is 39.2. The minimum Gasteiger partial charge on any atom is -0.465 e. The van der Waals surface area contributed by atoms with Crippen molar-refractivity contribution in [1.29, 1.82) is 0 Å². The summed E-state index contributed by atoms with van der Waals surface area (Å²) >= 11 is 0. The number of methoxy groups -OCH3 is 1. The number of piperidine rings is 2. The van der Waals surface area contributed by atoms with Crippen molar-refractivity contribution >= 4 is 45.8 Å². The van der Waals surface area contributed by atoms with E-state index in [9.17, 15) is 24.3 Å². The maximum absolute atomic E-state index is 14.4. The Bertz CT molecular complexity index is 2540. The number of carbonyl (C=O) groups excluding carboxylic acids is 3. The van der Waals surface area contributed by atoms with Gasteiger partial charge in [0.15, 0.2) is 0 Å². The molecule has 0 radical (unpaired) electrons. The van der Waals surface area contributed by atoms with E-state index in [-0.39, 0.29) is 47.8 Å². The van der Waals surface area contributed by atoms with Gasteiger partial charge in [-0.1, -0.05) is 44.2 Å². The fourth-order valence-corrected chi connectivity index (χ4v) is 10.5. The van der Waals surface area contributed by atoms with Gasteiger partial charge in [0.2, 0.25) is 11.8 Å². The number of aromatic nitrogens is 4. The van der Waals surface area contributed by atoms with Gasteiger partial charge in [0, 0.05) is 37.9 Å². The van der Waals surface area contributed by atoms with E-state index in [4.69, 9.17) is 19.4 Å². The minimum absolute atomic E-state index is 0.0919. The van der Waals surface area contributed by atoms with Crippen LogP contribution in [0.1, 0.15) is 76.1 Å². The first-order valence-electron chi connectivity index (χ1n) is 21.6. The molecule has 2 aromatic heterocycles. The van der Waals surface area contributed by atoms with Crippen LogP contribution in [-0.2, 0) is 19.1 Å². The van der Waals surface area contributed by atoms with Crippen LogP contribution in [-0.4, -0.2) is 115 Å². The highest BCUT2D eigenvalue weighted by Gasteiger charge is 2.58. The monoisotopic (exact) mass is 828 g/mol. The van der Waals surface area contributed by atoms with E-state index >= 15 is 0 Å². The third kappa shape index (κ3) is 7.05. The van der Waals surface area contributed by atoms with Crippen LogP contribution >= 0.6 is 0 Å². The van der Waals surface area contributed by atoms with Gasteiger partial charge in [0.05, 0.1) is 42.1 Å². The molecule has 4 N–H and O–H groups in total. The molecule has 3 saturated heterocycles. The Morgan fingerprint density at radius 2 is 1.46 bits per heavy atom. The summed E-state index contributed by atoms with van der Waals surface area (Å²) in [7, 11) is 2.81. The zero-order valence-corrected chi connectivity index (χ0v) is 34.8. The number of amides is 4. The average molecular weight is 829 g/mol. The highest BCUT2D eigenvalue weighted by Crippen LogP contribution is 2.55. The van der Waals surface area contributed by atoms with Gasteiger partial charge < -0.3 is 39.7 Å². The number of ether oxygens (including phenoxy) is 2. The Morgan fingerprint density at radius 3 is 2.13 bits per heavy atom. The van der Waals surface area contributed by atoms with Gasteiger partial charge in [-0.05, 0) is 108 Å². The number of hydrogen-bond acceptors (Lipinski definition) is 8. The highest BCUT2D eigenvalue weighted by atomic mass is 16.5. The van der Waals surface area contributed by atoms with Crippen molar-refractivity contribution in [3.05, 3.63) is 72.4 Å². The summed E-state index contributed by atoms with van der Waals surface area (Å²) < 4.78 is 10.4. The molecule has 2 saturated carbocycles. The van der Waals surface area contributed by atoms with E-state index in [2.05, 4.69) is 63.8 Å². The molecule has 0 bridgehead atoms. The van der Waals surface area contributed by atoms with Crippen LogP contribution in [0.4, 0.5) is 9.59 Å². The fourth-order valence-electron chi connectivity index (χ4n) is 10.5. The molecule has 15 nitrogen and oxygen atoms in total. The lowest BCUT2D eigenvalue weighted by molar-refractivity contribution is -0.141. The van der Waals surface area contributed by atoms with Gasteiger partial charge in [0.1, 0.15) is 23.7 Å². The first-order valence-corrected chi connectivity index (χ1v) is 21.6. The Labute approximate surface area is 353 Å². The largest absolute Gasteiger partial charge is 0.465 e. The molecule has 8 atom stereocenters. The summed E-state index contributed by atoms with van der Waals surface area (Å²) in [6, 6.07) is 17.3. The second-order valence-corrected chi connectivity index (χ2v) is 18.1. The molecule has 3 aliphatic heterocycles. The molecule has 3 aromatic carbocycles. The lowest BCUT2D eigenvalue weighted by Crippen LogP contribution is -2.54. The Kier molecular flexibility index (Phi) is 9.76. The highest BCUT2D eigenvalue weighted by molar-refractivity contribution is 5.92. The fraction of sp³-hybridized carbons (Fsp3) is 0.478. The number of rotatable bonds is 10. The lowest BCUT2D eigenvalue weighted by Gasteiger charge is -2.38. The molecular formula is C46H52N8O7. The van der Waals surface area contributed by atoms with Crippen molar-refractivity contribution in [3.8, 4) is 22.4 Å². The number of likely N-dealkylation sites (N-methyl/N-ethyl adjacent to an activating group) is 1. The number of alkyl carbamates (subject to hydrolysis) is 1. The smallest absolute Gasteiger partial charge is 0.407 e. The SMILES string of the molecule is COC(=O)N[C@H](C(=O)N1[C@@H]2C[C@@H]2C[C@H]1c1ncc(-c2ccc3cc(-c4ccc5nc([C@@H]6C[C@H]7C[C@H]7N6C(=O)[C@H](C6CCOCC6)N(C)C(=O)O)[nH]c5c4)ccc3c2)[nH]1)C(C)C. The van der Waals surface area contributed by atoms with Gasteiger partial charge in [0.25, 0.3) is 0 Å². The zero-order valence-electron chi connectivity index (χ0n) is 34.8. The predicted molar refractivity (Wildman–Crippen MR) is 226 cm³/mol. The second kappa shape index (κ2) is 15.2. The summed E-state index contributed by atoms with van der Waals surface area (Å²) in [6.45, 7) is 4.89. The van der Waals surface area contributed by atoms with Gasteiger partial charge in [-0.15, -0.1) is 0 Å². The van der Waals surface area contributed by atoms with Crippen LogP contribution in [0.15, 0.2) is 60.8 Å². The van der Waals surface area contributed by atoms with E-state index in [1.807, 2.05) is 35.9 Å². The molecule has 15 heteroatoms. The molecule has 5 heterocycles. The van der Waals surface area contributed by atoms with Gasteiger partial charge in [-0.2, -0.15) is 0 Å². The van der Waals surface area contributed by atoms with Crippen LogP contribution in [0.5, 0.6) is 0 Å². The lowest BCUT2D eigenvalue weighted by atomic mass is 9.89. The Hall–Kier alpha value is -5.96. The summed E-state index contributed by atoms with van der Waals surface area (Å²) in [4.78, 5) is 74.4. The van der Waals surface area contributed by atoms with Crippen molar-refractivity contribution in [2.45, 2.75) is 88.6 Å². The summed E-state index contributed by atoms with van der Waals surface area (Å²) in [5.74, 6) is 1.89. The van der Waals surface area contributed by atoms with Gasteiger partial charge >= 0.3 is 12.2 Å². The number of nitrogens with one attached hydrogen (secondary N) is 3. The first-order chi connectivity index (χ1) is 29.5. The number of fused-ring (bicyclic) bond motifs is 4. The van der Waals surface area contributed by atoms with Gasteiger partial charge in [-0.25, -0.2) is 19.6 Å².